The molecule has 2 N–H and O–H groups in total. The van der Waals surface area contributed by atoms with Gasteiger partial charge in [-0.05, 0) is 25.1 Å². The molecule has 1 aromatic carbocycles. The third kappa shape index (κ3) is 3.98. The summed E-state index contributed by atoms with van der Waals surface area (Å²) in [6, 6.07) is 7.89. The molecule has 1 atom stereocenters. The summed E-state index contributed by atoms with van der Waals surface area (Å²) in [5.74, 6) is 2.30. The van der Waals surface area contributed by atoms with Crippen molar-refractivity contribution in [3.05, 3.63) is 30.1 Å². The van der Waals surface area contributed by atoms with Gasteiger partial charge in [0.1, 0.15) is 11.6 Å². The molecule has 0 aliphatic rings. The third-order valence-corrected chi connectivity index (χ3v) is 3.87. The van der Waals surface area contributed by atoms with Crippen molar-refractivity contribution in [1.29, 1.82) is 0 Å². The first-order valence-electron chi connectivity index (χ1n) is 6.49. The van der Waals surface area contributed by atoms with Crippen LogP contribution in [0.2, 0.25) is 0 Å². The number of nitrogen functional groups attached to an aromatic ring is 1. The second kappa shape index (κ2) is 6.62. The van der Waals surface area contributed by atoms with Crippen LogP contribution in [0.15, 0.2) is 29.2 Å². The van der Waals surface area contributed by atoms with E-state index in [0.717, 1.165) is 10.6 Å². The van der Waals surface area contributed by atoms with Crippen LogP contribution in [0.25, 0.3) is 0 Å². The zero-order valence-corrected chi connectivity index (χ0v) is 13.4. The van der Waals surface area contributed by atoms with Crippen molar-refractivity contribution < 1.29 is 4.74 Å². The van der Waals surface area contributed by atoms with E-state index < -0.39 is 0 Å². The average molecular weight is 305 g/mol. The molecule has 0 aliphatic heterocycles. The molecule has 0 saturated carbocycles. The fraction of sp³-hybridized carbons (Fsp3) is 0.357. The highest BCUT2D eigenvalue weighted by molar-refractivity contribution is 7.99. The van der Waals surface area contributed by atoms with E-state index in [4.69, 9.17) is 10.5 Å². The molecule has 0 radical (unpaired) electrons. The number of aromatic nitrogens is 3. The van der Waals surface area contributed by atoms with Crippen LogP contribution < -0.4 is 15.4 Å². The average Bonchev–Trinajstić information content (AvgIpc) is 2.46. The topological polar surface area (TPSA) is 77.2 Å². The zero-order valence-electron chi connectivity index (χ0n) is 12.6. The van der Waals surface area contributed by atoms with Crippen LogP contribution in [-0.2, 0) is 0 Å². The number of nitrogens with zero attached hydrogens (tertiary/aromatic N) is 4. The number of nitrogens with two attached hydrogens (primary N) is 1. The van der Waals surface area contributed by atoms with E-state index in [2.05, 4.69) is 15.0 Å². The van der Waals surface area contributed by atoms with Crippen LogP contribution in [0.5, 0.6) is 5.75 Å². The van der Waals surface area contributed by atoms with Gasteiger partial charge in [0.15, 0.2) is 0 Å². The zero-order chi connectivity index (χ0) is 15.4. The van der Waals surface area contributed by atoms with Crippen molar-refractivity contribution >= 4 is 23.7 Å². The Morgan fingerprint density at radius 1 is 1.24 bits per heavy atom. The summed E-state index contributed by atoms with van der Waals surface area (Å²) < 4.78 is 5.23. The van der Waals surface area contributed by atoms with Gasteiger partial charge in [-0.15, -0.1) is 11.8 Å². The van der Waals surface area contributed by atoms with Gasteiger partial charge in [0.05, 0.1) is 12.4 Å². The molecule has 0 unspecified atom stereocenters. The maximum atomic E-state index is 5.76. The number of hydrogen-bond donors (Lipinski definition) is 1. The van der Waals surface area contributed by atoms with E-state index >= 15 is 0 Å². The Balaban J connectivity index is 2.21. The molecule has 7 heteroatoms. The molecular weight excluding hydrogens is 286 g/mol. The number of anilines is 2. The maximum Gasteiger partial charge on any atom is 0.229 e. The second-order valence-electron chi connectivity index (χ2n) is 4.69. The van der Waals surface area contributed by atoms with E-state index in [1.165, 1.54) is 0 Å². The van der Waals surface area contributed by atoms with Crippen molar-refractivity contribution in [2.75, 3.05) is 31.8 Å². The second-order valence-corrected chi connectivity index (χ2v) is 6.10. The van der Waals surface area contributed by atoms with E-state index in [1.807, 2.05) is 50.2 Å². The standard InChI is InChI=1S/C14H19N5OS/c1-9(21-11-7-5-6-10(8-11)20-4)12-16-13(15)18-14(17-12)19(2)3/h5-9H,1-4H3,(H2,15,16,17,18)/t9-/m1/s1. The fourth-order valence-corrected chi connectivity index (χ4v) is 2.67. The van der Waals surface area contributed by atoms with Crippen molar-refractivity contribution in [3.63, 3.8) is 0 Å². The van der Waals surface area contributed by atoms with Crippen LogP contribution in [-0.4, -0.2) is 36.2 Å². The quantitative estimate of drug-likeness (QED) is 0.850. The molecule has 0 bridgehead atoms. The Morgan fingerprint density at radius 2 is 2.00 bits per heavy atom. The molecular formula is C14H19N5OS. The van der Waals surface area contributed by atoms with Gasteiger partial charge in [-0.1, -0.05) is 6.07 Å². The number of ether oxygens (including phenoxy) is 1. The van der Waals surface area contributed by atoms with E-state index in [0.29, 0.717) is 11.8 Å². The highest BCUT2D eigenvalue weighted by atomic mass is 32.2. The highest BCUT2D eigenvalue weighted by Crippen LogP contribution is 2.34. The summed E-state index contributed by atoms with van der Waals surface area (Å²) in [7, 11) is 5.40. The number of hydrogen-bond acceptors (Lipinski definition) is 7. The summed E-state index contributed by atoms with van der Waals surface area (Å²) in [6.07, 6.45) is 0. The maximum absolute atomic E-state index is 5.76. The van der Waals surface area contributed by atoms with Crippen molar-refractivity contribution in [2.24, 2.45) is 0 Å². The molecule has 0 amide bonds. The normalized spacial score (nSPS) is 12.0. The number of methoxy groups -OCH3 is 1. The van der Waals surface area contributed by atoms with Gasteiger partial charge >= 0.3 is 0 Å². The molecule has 2 rings (SSSR count). The predicted octanol–water partition coefficient (Wildman–Crippen LogP) is 2.38. The Morgan fingerprint density at radius 3 is 2.67 bits per heavy atom. The number of thioether (sulfide) groups is 1. The van der Waals surface area contributed by atoms with Crippen molar-refractivity contribution in [3.8, 4) is 5.75 Å². The fourth-order valence-electron chi connectivity index (χ4n) is 1.71. The van der Waals surface area contributed by atoms with Gasteiger partial charge in [0.25, 0.3) is 0 Å². The Kier molecular flexibility index (Phi) is 4.85. The van der Waals surface area contributed by atoms with E-state index in [-0.39, 0.29) is 11.2 Å². The summed E-state index contributed by atoms with van der Waals surface area (Å²) in [5.41, 5.74) is 5.76. The molecule has 1 aromatic heterocycles. The monoisotopic (exact) mass is 305 g/mol. The molecule has 2 aromatic rings. The van der Waals surface area contributed by atoms with Crippen LogP contribution in [0.4, 0.5) is 11.9 Å². The van der Waals surface area contributed by atoms with E-state index in [1.54, 1.807) is 18.9 Å². The summed E-state index contributed by atoms with van der Waals surface area (Å²) in [4.78, 5) is 15.7. The highest BCUT2D eigenvalue weighted by Gasteiger charge is 2.14. The van der Waals surface area contributed by atoms with Gasteiger partial charge < -0.3 is 15.4 Å². The minimum absolute atomic E-state index is 0.0566. The smallest absolute Gasteiger partial charge is 0.229 e. The van der Waals surface area contributed by atoms with Gasteiger partial charge in [0, 0.05) is 19.0 Å². The van der Waals surface area contributed by atoms with Crippen molar-refractivity contribution in [1.82, 2.24) is 15.0 Å². The minimum Gasteiger partial charge on any atom is -0.497 e. The molecule has 0 saturated heterocycles. The largest absolute Gasteiger partial charge is 0.497 e. The first kappa shape index (κ1) is 15.4. The molecule has 112 valence electrons. The Hall–Kier alpha value is -2.02. The van der Waals surface area contributed by atoms with Gasteiger partial charge in [-0.2, -0.15) is 15.0 Å². The summed E-state index contributed by atoms with van der Waals surface area (Å²) in [6.45, 7) is 2.04. The molecule has 1 heterocycles. The van der Waals surface area contributed by atoms with Crippen molar-refractivity contribution in [2.45, 2.75) is 17.1 Å². The SMILES string of the molecule is COc1cccc(S[C@H](C)c2nc(N)nc(N(C)C)n2)c1. The lowest BCUT2D eigenvalue weighted by Gasteiger charge is -2.15. The molecule has 0 aliphatic carbocycles. The molecule has 0 fully saturated rings. The van der Waals surface area contributed by atoms with Crippen LogP contribution in [0, 0.1) is 0 Å². The lowest BCUT2D eigenvalue weighted by Crippen LogP contribution is -2.16. The van der Waals surface area contributed by atoms with Crippen LogP contribution in [0.3, 0.4) is 0 Å². The van der Waals surface area contributed by atoms with Gasteiger partial charge in [-0.3, -0.25) is 0 Å². The van der Waals surface area contributed by atoms with E-state index in [9.17, 15) is 0 Å². The van der Waals surface area contributed by atoms with Gasteiger partial charge in [0.2, 0.25) is 11.9 Å². The molecule has 21 heavy (non-hydrogen) atoms. The first-order valence-corrected chi connectivity index (χ1v) is 7.37. The van der Waals surface area contributed by atoms with Crippen LogP contribution >= 0.6 is 11.8 Å². The lowest BCUT2D eigenvalue weighted by molar-refractivity contribution is 0.413. The number of benzene rings is 1. The molecule has 6 nitrogen and oxygen atoms in total. The Labute approximate surface area is 128 Å². The first-order chi connectivity index (χ1) is 9.99. The minimum atomic E-state index is 0.0566. The predicted molar refractivity (Wildman–Crippen MR) is 85.8 cm³/mol. The molecule has 0 spiro atoms. The van der Waals surface area contributed by atoms with Crippen LogP contribution in [0.1, 0.15) is 18.0 Å². The summed E-state index contributed by atoms with van der Waals surface area (Å²) >= 11 is 1.65. The summed E-state index contributed by atoms with van der Waals surface area (Å²) in [5, 5.41) is 0.0566. The lowest BCUT2D eigenvalue weighted by atomic mass is 10.3. The Bertz CT molecular complexity index is 620. The van der Waals surface area contributed by atoms with Gasteiger partial charge in [-0.25, -0.2) is 0 Å². The number of rotatable bonds is 5. The third-order valence-electron chi connectivity index (χ3n) is 2.78.